The Kier molecular flexibility index (Phi) is 3.00. The molecule has 0 atom stereocenters. The van der Waals surface area contributed by atoms with E-state index in [0.717, 1.165) is 6.07 Å². The van der Waals surface area contributed by atoms with E-state index in [1.165, 1.54) is 19.2 Å². The van der Waals surface area contributed by atoms with E-state index in [1.807, 2.05) is 0 Å². The quantitative estimate of drug-likeness (QED) is 0.389. The van der Waals surface area contributed by atoms with Crippen LogP contribution in [0.25, 0.3) is 0 Å². The summed E-state index contributed by atoms with van der Waals surface area (Å²) in [5.41, 5.74) is 0.363. The van der Waals surface area contributed by atoms with Crippen LogP contribution in [-0.2, 0) is 0 Å². The Balaban J connectivity index is 3.18. The fourth-order valence-corrected chi connectivity index (χ4v) is 0.773. The van der Waals surface area contributed by atoms with E-state index < -0.39 is 5.82 Å². The molecule has 0 amide bonds. The summed E-state index contributed by atoms with van der Waals surface area (Å²) in [5.74, 6) is -0.530. The molecule has 0 N–H and O–H groups in total. The number of benzene rings is 1. The van der Waals surface area contributed by atoms with Gasteiger partial charge in [0.25, 0.3) is 0 Å². The molecule has 0 aliphatic rings. The zero-order valence-electron chi connectivity index (χ0n) is 6.94. The van der Waals surface area contributed by atoms with E-state index in [2.05, 4.69) is 15.1 Å². The first kappa shape index (κ1) is 9.22. The Hall–Kier alpha value is -1.87. The molecule has 5 heteroatoms. The van der Waals surface area contributed by atoms with Crippen LogP contribution in [-0.4, -0.2) is 13.3 Å². The molecule has 0 aliphatic heterocycles. The van der Waals surface area contributed by atoms with Gasteiger partial charge in [0, 0.05) is 5.56 Å². The van der Waals surface area contributed by atoms with Crippen molar-refractivity contribution in [2.45, 2.75) is 0 Å². The van der Waals surface area contributed by atoms with Crippen molar-refractivity contribution >= 4 is 12.0 Å². The minimum absolute atomic E-state index is 0.00944. The molecule has 0 aliphatic carbocycles. The molecule has 1 aromatic rings. The maximum absolute atomic E-state index is 12.9. The smallest absolute Gasteiger partial charge is 0.222 e. The van der Waals surface area contributed by atoms with Gasteiger partial charge in [-0.2, -0.15) is 0 Å². The van der Waals surface area contributed by atoms with Crippen molar-refractivity contribution in [1.82, 2.24) is 4.91 Å². The molecule has 0 aromatic heterocycles. The van der Waals surface area contributed by atoms with Gasteiger partial charge < -0.3 is 0 Å². The van der Waals surface area contributed by atoms with Crippen LogP contribution in [0.1, 0.15) is 10.4 Å². The van der Waals surface area contributed by atoms with Crippen LogP contribution in [0.15, 0.2) is 28.4 Å². The number of aldehydes is 1. The van der Waals surface area contributed by atoms with E-state index >= 15 is 0 Å². The zero-order valence-corrected chi connectivity index (χ0v) is 6.94. The summed E-state index contributed by atoms with van der Waals surface area (Å²) in [6, 6.07) is 3.83. The third-order valence-electron chi connectivity index (χ3n) is 1.35. The average molecular weight is 180 g/mol. The van der Waals surface area contributed by atoms with Gasteiger partial charge >= 0.3 is 0 Å². The van der Waals surface area contributed by atoms with Crippen LogP contribution in [0.2, 0.25) is 0 Å². The van der Waals surface area contributed by atoms with Crippen LogP contribution >= 0.6 is 0 Å². The van der Waals surface area contributed by atoms with Crippen molar-refractivity contribution in [2.75, 3.05) is 7.05 Å². The first-order valence-corrected chi connectivity index (χ1v) is 3.52. The fraction of sp³-hybridized carbons (Fsp3) is 0.125. The first-order chi connectivity index (χ1) is 6.27. The second-order valence-electron chi connectivity index (χ2n) is 2.22. The lowest BCUT2D eigenvalue weighted by molar-refractivity contribution is 0.112. The van der Waals surface area contributed by atoms with Gasteiger partial charge in [0.15, 0.2) is 16.6 Å². The number of carbonyl (C=O) groups excluding carboxylic acids is 1. The topological polar surface area (TPSA) is 55.9 Å². The summed E-state index contributed by atoms with van der Waals surface area (Å²) >= 11 is 0. The molecule has 0 saturated carbocycles. The van der Waals surface area contributed by atoms with Gasteiger partial charge in [0.1, 0.15) is 18.4 Å². The molecule has 1 aromatic carbocycles. The second kappa shape index (κ2) is 4.23. The van der Waals surface area contributed by atoms with Crippen molar-refractivity contribution in [1.29, 1.82) is 0 Å². The Morgan fingerprint density at radius 3 is 2.92 bits per heavy atom. The van der Waals surface area contributed by atoms with Crippen molar-refractivity contribution < 1.29 is 9.18 Å². The predicted octanol–water partition coefficient (Wildman–Crippen LogP) is 1.87. The van der Waals surface area contributed by atoms with E-state index in [1.54, 1.807) is 0 Å². The molecule has 0 unspecified atom stereocenters. The van der Waals surface area contributed by atoms with Crippen LogP contribution in [0.3, 0.4) is 0 Å². The largest absolute Gasteiger partial charge is 0.298 e. The van der Waals surface area contributed by atoms with E-state index in [0.29, 0.717) is 11.8 Å². The summed E-state index contributed by atoms with van der Waals surface area (Å²) in [6.07, 6.45) is 0.613. The molecular weight excluding hydrogens is 173 g/mol. The third kappa shape index (κ3) is 2.28. The molecule has 0 spiro atoms. The maximum atomic E-state index is 12.9. The average Bonchev–Trinajstić information content (AvgIpc) is 2.17. The number of halogens is 1. The van der Waals surface area contributed by atoms with Crippen LogP contribution < -0.4 is 4.91 Å². The Morgan fingerprint density at radius 2 is 2.31 bits per heavy atom. The molecule has 0 radical (unpaired) electrons. The molecule has 13 heavy (non-hydrogen) atoms. The van der Waals surface area contributed by atoms with Gasteiger partial charge in [0.2, 0.25) is 4.91 Å². The maximum Gasteiger partial charge on any atom is 0.222 e. The molecule has 0 bridgehead atoms. The highest BCUT2D eigenvalue weighted by Gasteiger charge is 2.05. The Morgan fingerprint density at radius 1 is 1.54 bits per heavy atom. The highest BCUT2D eigenvalue weighted by Crippen LogP contribution is 2.17. The Labute approximate surface area is 73.8 Å². The minimum atomic E-state index is -0.530. The molecule has 0 fully saturated rings. The van der Waals surface area contributed by atoms with Gasteiger partial charge in [-0.25, -0.2) is 4.39 Å². The fourth-order valence-electron chi connectivity index (χ4n) is 0.773. The molecule has 66 valence electrons. The van der Waals surface area contributed by atoms with E-state index in [-0.39, 0.29) is 5.69 Å². The summed E-state index contributed by atoms with van der Waals surface area (Å²) in [6.45, 7) is 0. The third-order valence-corrected chi connectivity index (χ3v) is 1.35. The van der Waals surface area contributed by atoms with Crippen molar-refractivity contribution in [3.63, 3.8) is 0 Å². The summed E-state index contributed by atoms with van der Waals surface area (Å²) in [5, 5.41) is 6.79. The van der Waals surface area contributed by atoms with Gasteiger partial charge in [0.05, 0.1) is 0 Å². The zero-order chi connectivity index (χ0) is 9.68. The minimum Gasteiger partial charge on any atom is -0.298 e. The monoisotopic (exact) mass is 180 g/mol. The van der Waals surface area contributed by atoms with Crippen molar-refractivity contribution in [3.05, 3.63) is 29.6 Å². The number of carbonyl (C=O) groups is 1. The predicted molar refractivity (Wildman–Crippen MR) is 44.4 cm³/mol. The standard InChI is InChI=1S/C8H7FN3O/c1-10-12-11-8-4-6(5-13)2-3-7(8)9/h2-5H,1H3/q+1. The molecular formula is C8H7FN3O+. The molecule has 0 saturated heterocycles. The Bertz CT molecular complexity index is 383. The first-order valence-electron chi connectivity index (χ1n) is 3.52. The summed E-state index contributed by atoms with van der Waals surface area (Å²) in [7, 11) is 1.42. The molecule has 0 heterocycles. The van der Waals surface area contributed by atoms with Crippen LogP contribution in [0.4, 0.5) is 10.1 Å². The lowest BCUT2D eigenvalue weighted by Crippen LogP contribution is -1.82. The second-order valence-corrected chi connectivity index (χ2v) is 2.22. The SMILES string of the molecule is CN=[N+]=Nc1cc(C=O)ccc1F. The normalized spacial score (nSPS) is 8.77. The lowest BCUT2D eigenvalue weighted by Gasteiger charge is -1.90. The van der Waals surface area contributed by atoms with Crippen LogP contribution in [0.5, 0.6) is 0 Å². The van der Waals surface area contributed by atoms with Crippen LogP contribution in [0, 0.1) is 5.82 Å². The number of nitrogens with zero attached hydrogens (tertiary/aromatic N) is 3. The van der Waals surface area contributed by atoms with E-state index in [9.17, 15) is 9.18 Å². The highest BCUT2D eigenvalue weighted by molar-refractivity contribution is 5.76. The number of hydrogen-bond acceptors (Lipinski definition) is 3. The summed E-state index contributed by atoms with van der Waals surface area (Å²) in [4.78, 5) is 13.6. The van der Waals surface area contributed by atoms with Crippen molar-refractivity contribution in [3.8, 4) is 0 Å². The van der Waals surface area contributed by atoms with E-state index in [4.69, 9.17) is 0 Å². The molecule has 1 rings (SSSR count). The van der Waals surface area contributed by atoms with Gasteiger partial charge in [-0.1, -0.05) is 0 Å². The van der Waals surface area contributed by atoms with Crippen molar-refractivity contribution in [2.24, 2.45) is 10.2 Å². The lowest BCUT2D eigenvalue weighted by atomic mass is 10.2. The highest BCUT2D eigenvalue weighted by atomic mass is 19.1. The van der Waals surface area contributed by atoms with Gasteiger partial charge in [-0.15, -0.1) is 0 Å². The number of hydrogen-bond donors (Lipinski definition) is 0. The number of rotatable bonds is 2. The van der Waals surface area contributed by atoms with Gasteiger partial charge in [-0.3, -0.25) is 4.79 Å². The summed E-state index contributed by atoms with van der Waals surface area (Å²) < 4.78 is 12.9. The van der Waals surface area contributed by atoms with Gasteiger partial charge in [-0.05, 0) is 18.2 Å². The molecule has 4 nitrogen and oxygen atoms in total.